The molecule has 0 saturated carbocycles. The molecule has 0 aliphatic carbocycles. The summed E-state index contributed by atoms with van der Waals surface area (Å²) in [5, 5.41) is 3.18. The summed E-state index contributed by atoms with van der Waals surface area (Å²) in [5.41, 5.74) is 13.6. The van der Waals surface area contributed by atoms with Crippen LogP contribution < -0.4 is 16.8 Å². The quantitative estimate of drug-likeness (QED) is 0.763. The van der Waals surface area contributed by atoms with Crippen molar-refractivity contribution in [2.45, 2.75) is 0 Å². The fourth-order valence-electron chi connectivity index (χ4n) is 1.54. The van der Waals surface area contributed by atoms with Crippen molar-refractivity contribution in [2.24, 2.45) is 5.73 Å². The minimum absolute atomic E-state index is 0.394. The highest BCUT2D eigenvalue weighted by molar-refractivity contribution is 9.10. The van der Waals surface area contributed by atoms with Crippen LogP contribution in [-0.4, -0.2) is 5.91 Å². The van der Waals surface area contributed by atoms with Gasteiger partial charge in [-0.3, -0.25) is 4.79 Å². The number of nitrogens with two attached hydrogens (primary N) is 2. The largest absolute Gasteiger partial charge is 0.397 e. The Morgan fingerprint density at radius 3 is 2.44 bits per heavy atom. The number of hydrogen-bond acceptors (Lipinski definition) is 3. The van der Waals surface area contributed by atoms with Crippen molar-refractivity contribution in [2.75, 3.05) is 11.1 Å². The molecule has 0 saturated heterocycles. The Bertz CT molecular complexity index is 599. The van der Waals surface area contributed by atoms with Crippen molar-refractivity contribution < 1.29 is 4.79 Å². The second kappa shape index (κ2) is 5.10. The van der Waals surface area contributed by atoms with E-state index in [1.54, 1.807) is 18.2 Å². The van der Waals surface area contributed by atoms with E-state index in [0.717, 1.165) is 15.8 Å². The van der Waals surface area contributed by atoms with Crippen LogP contribution in [0.25, 0.3) is 0 Å². The number of benzene rings is 2. The molecule has 0 atom stereocenters. The lowest BCUT2D eigenvalue weighted by molar-refractivity contribution is 0.100. The SMILES string of the molecule is NC(=O)c1ccc(Nc2ccccc2Br)c(N)c1. The van der Waals surface area contributed by atoms with Gasteiger partial charge in [-0.1, -0.05) is 12.1 Å². The predicted octanol–water partition coefficient (Wildman–Crippen LogP) is 2.87. The van der Waals surface area contributed by atoms with Gasteiger partial charge in [0.05, 0.1) is 17.1 Å². The molecule has 0 radical (unpaired) electrons. The Morgan fingerprint density at radius 2 is 1.83 bits per heavy atom. The number of hydrogen-bond donors (Lipinski definition) is 3. The summed E-state index contributed by atoms with van der Waals surface area (Å²) >= 11 is 3.44. The summed E-state index contributed by atoms with van der Waals surface area (Å²) in [6.07, 6.45) is 0. The first kappa shape index (κ1) is 12.4. The van der Waals surface area contributed by atoms with E-state index in [9.17, 15) is 4.79 Å². The van der Waals surface area contributed by atoms with Gasteiger partial charge >= 0.3 is 0 Å². The van der Waals surface area contributed by atoms with Gasteiger partial charge < -0.3 is 16.8 Å². The maximum Gasteiger partial charge on any atom is 0.248 e. The second-order valence-electron chi connectivity index (χ2n) is 3.77. The Balaban J connectivity index is 2.30. The number of rotatable bonds is 3. The van der Waals surface area contributed by atoms with Crippen molar-refractivity contribution >= 4 is 38.9 Å². The molecule has 0 aliphatic heterocycles. The van der Waals surface area contributed by atoms with Crippen LogP contribution in [0, 0.1) is 0 Å². The number of halogens is 1. The van der Waals surface area contributed by atoms with Crippen LogP contribution in [0.3, 0.4) is 0 Å². The smallest absolute Gasteiger partial charge is 0.248 e. The second-order valence-corrected chi connectivity index (χ2v) is 4.63. The van der Waals surface area contributed by atoms with E-state index in [2.05, 4.69) is 21.2 Å². The zero-order chi connectivity index (χ0) is 13.1. The first-order valence-electron chi connectivity index (χ1n) is 5.29. The maximum atomic E-state index is 11.0. The third-order valence-electron chi connectivity index (χ3n) is 2.48. The maximum absolute atomic E-state index is 11.0. The van der Waals surface area contributed by atoms with Crippen molar-refractivity contribution in [1.82, 2.24) is 0 Å². The van der Waals surface area contributed by atoms with Gasteiger partial charge in [-0.25, -0.2) is 0 Å². The van der Waals surface area contributed by atoms with Crippen LogP contribution in [0.2, 0.25) is 0 Å². The van der Waals surface area contributed by atoms with E-state index < -0.39 is 5.91 Å². The molecule has 0 aliphatic rings. The van der Waals surface area contributed by atoms with Gasteiger partial charge in [0.25, 0.3) is 0 Å². The van der Waals surface area contributed by atoms with E-state index >= 15 is 0 Å². The Hall–Kier alpha value is -2.01. The molecule has 0 aromatic heterocycles. The van der Waals surface area contributed by atoms with Gasteiger partial charge in [0.15, 0.2) is 0 Å². The van der Waals surface area contributed by atoms with Gasteiger partial charge in [0.1, 0.15) is 0 Å². The van der Waals surface area contributed by atoms with E-state index in [0.29, 0.717) is 11.3 Å². The molecule has 18 heavy (non-hydrogen) atoms. The molecule has 0 unspecified atom stereocenters. The fraction of sp³-hybridized carbons (Fsp3) is 0. The molecule has 2 rings (SSSR count). The highest BCUT2D eigenvalue weighted by Gasteiger charge is 2.06. The number of nitrogen functional groups attached to an aromatic ring is 1. The zero-order valence-electron chi connectivity index (χ0n) is 9.48. The average molecular weight is 306 g/mol. The Kier molecular flexibility index (Phi) is 3.53. The van der Waals surface area contributed by atoms with Crippen molar-refractivity contribution in [3.8, 4) is 0 Å². The van der Waals surface area contributed by atoms with Crippen molar-refractivity contribution in [3.05, 3.63) is 52.5 Å². The number of primary amides is 1. The first-order chi connectivity index (χ1) is 8.58. The van der Waals surface area contributed by atoms with Gasteiger partial charge in [-0.05, 0) is 46.3 Å². The summed E-state index contributed by atoms with van der Waals surface area (Å²) in [4.78, 5) is 11.0. The Labute approximate surface area is 113 Å². The molecule has 0 spiro atoms. The van der Waals surface area contributed by atoms with Gasteiger partial charge in [0, 0.05) is 10.0 Å². The number of carbonyl (C=O) groups excluding carboxylic acids is 1. The molecular formula is C13H12BrN3O. The third-order valence-corrected chi connectivity index (χ3v) is 3.17. The van der Waals surface area contributed by atoms with E-state index in [4.69, 9.17) is 11.5 Å². The fourth-order valence-corrected chi connectivity index (χ4v) is 1.92. The lowest BCUT2D eigenvalue weighted by atomic mass is 10.1. The Morgan fingerprint density at radius 1 is 1.11 bits per heavy atom. The standard InChI is InChI=1S/C13H12BrN3O/c14-9-3-1-2-4-11(9)17-12-6-5-8(13(16)18)7-10(12)15/h1-7,17H,15H2,(H2,16,18). The summed E-state index contributed by atoms with van der Waals surface area (Å²) in [6.45, 7) is 0. The van der Waals surface area contributed by atoms with Crippen LogP contribution in [0.5, 0.6) is 0 Å². The predicted molar refractivity (Wildman–Crippen MR) is 76.8 cm³/mol. The zero-order valence-corrected chi connectivity index (χ0v) is 11.1. The summed E-state index contributed by atoms with van der Waals surface area (Å²) in [5.74, 6) is -0.492. The van der Waals surface area contributed by atoms with Crippen LogP contribution in [0.1, 0.15) is 10.4 Å². The van der Waals surface area contributed by atoms with E-state index in [-0.39, 0.29) is 0 Å². The topological polar surface area (TPSA) is 81.1 Å². The highest BCUT2D eigenvalue weighted by atomic mass is 79.9. The van der Waals surface area contributed by atoms with Crippen LogP contribution >= 0.6 is 15.9 Å². The lowest BCUT2D eigenvalue weighted by Gasteiger charge is -2.11. The normalized spacial score (nSPS) is 10.1. The van der Waals surface area contributed by atoms with Gasteiger partial charge in [-0.15, -0.1) is 0 Å². The number of carbonyl (C=O) groups is 1. The molecule has 1 amide bonds. The molecule has 4 nitrogen and oxygen atoms in total. The molecule has 2 aromatic carbocycles. The summed E-state index contributed by atoms with van der Waals surface area (Å²) in [6, 6.07) is 12.6. The molecule has 5 N–H and O–H groups in total. The van der Waals surface area contributed by atoms with E-state index in [1.807, 2.05) is 24.3 Å². The van der Waals surface area contributed by atoms with Gasteiger partial charge in [0.2, 0.25) is 5.91 Å². The van der Waals surface area contributed by atoms with Gasteiger partial charge in [-0.2, -0.15) is 0 Å². The monoisotopic (exact) mass is 305 g/mol. The molecule has 0 bridgehead atoms. The van der Waals surface area contributed by atoms with Crippen LogP contribution in [0.4, 0.5) is 17.1 Å². The molecule has 92 valence electrons. The number of para-hydroxylation sites is 1. The van der Waals surface area contributed by atoms with E-state index in [1.165, 1.54) is 0 Å². The van der Waals surface area contributed by atoms with Crippen LogP contribution in [0.15, 0.2) is 46.9 Å². The molecule has 2 aromatic rings. The first-order valence-corrected chi connectivity index (χ1v) is 6.08. The summed E-state index contributed by atoms with van der Waals surface area (Å²) < 4.78 is 0.934. The minimum atomic E-state index is -0.492. The number of anilines is 3. The average Bonchev–Trinajstić information content (AvgIpc) is 2.34. The third kappa shape index (κ3) is 2.62. The molecular weight excluding hydrogens is 294 g/mol. The number of amides is 1. The molecule has 5 heteroatoms. The minimum Gasteiger partial charge on any atom is -0.397 e. The van der Waals surface area contributed by atoms with Crippen LogP contribution in [-0.2, 0) is 0 Å². The summed E-state index contributed by atoms with van der Waals surface area (Å²) in [7, 11) is 0. The molecule has 0 heterocycles. The highest BCUT2D eigenvalue weighted by Crippen LogP contribution is 2.28. The molecule has 0 fully saturated rings. The lowest BCUT2D eigenvalue weighted by Crippen LogP contribution is -2.11. The van der Waals surface area contributed by atoms with Crippen molar-refractivity contribution in [3.63, 3.8) is 0 Å². The number of nitrogens with one attached hydrogen (secondary N) is 1. The van der Waals surface area contributed by atoms with Crippen molar-refractivity contribution in [1.29, 1.82) is 0 Å².